The normalized spacial score (nSPS) is 15.1. The van der Waals surface area contributed by atoms with Crippen LogP contribution in [0, 0.1) is 0 Å². The zero-order valence-electron chi connectivity index (χ0n) is 15.7. The molecule has 0 spiro atoms. The molecule has 134 valence electrons. The fourth-order valence-corrected chi connectivity index (χ4v) is 2.12. The van der Waals surface area contributed by atoms with Crippen LogP contribution < -0.4 is 0 Å². The highest BCUT2D eigenvalue weighted by molar-refractivity contribution is 5.68. The van der Waals surface area contributed by atoms with Gasteiger partial charge in [-0.25, -0.2) is 0 Å². The lowest BCUT2D eigenvalue weighted by atomic mass is 10.0. The summed E-state index contributed by atoms with van der Waals surface area (Å²) in [6.45, 7) is 9.19. The van der Waals surface area contributed by atoms with Crippen LogP contribution in [0.1, 0.15) is 38.8 Å². The van der Waals surface area contributed by atoms with Crippen LogP contribution in [-0.2, 0) is 18.9 Å². The molecular weight excluding hydrogens is 304 g/mol. The standard InChI is InChI=1S/C20H30O4/c1-15(11-23-17(3)13-21-5)19-7-9-20(10-8-19)16(2)12-24-18(4)14-22-6/h7-12,17-18H,13-14H2,1-6H3/b15-11+,16-12+. The average Bonchev–Trinajstić information content (AvgIpc) is 2.58. The maximum absolute atomic E-state index is 5.63. The first-order valence-corrected chi connectivity index (χ1v) is 8.21. The molecule has 0 aliphatic rings. The van der Waals surface area contributed by atoms with Crippen LogP contribution >= 0.6 is 0 Å². The Labute approximate surface area is 146 Å². The maximum Gasteiger partial charge on any atom is 0.118 e. The highest BCUT2D eigenvalue weighted by atomic mass is 16.5. The van der Waals surface area contributed by atoms with E-state index in [-0.39, 0.29) is 12.2 Å². The summed E-state index contributed by atoms with van der Waals surface area (Å²) in [6, 6.07) is 8.34. The molecule has 0 N–H and O–H groups in total. The number of allylic oxidation sites excluding steroid dienone is 2. The van der Waals surface area contributed by atoms with Gasteiger partial charge < -0.3 is 18.9 Å². The number of ether oxygens (including phenoxy) is 4. The van der Waals surface area contributed by atoms with Crippen molar-refractivity contribution < 1.29 is 18.9 Å². The van der Waals surface area contributed by atoms with Gasteiger partial charge in [0.25, 0.3) is 0 Å². The second kappa shape index (κ2) is 10.9. The van der Waals surface area contributed by atoms with Gasteiger partial charge in [0, 0.05) is 14.2 Å². The minimum absolute atomic E-state index is 0.0423. The van der Waals surface area contributed by atoms with E-state index in [1.807, 2.05) is 27.7 Å². The van der Waals surface area contributed by atoms with Gasteiger partial charge in [0.1, 0.15) is 12.2 Å². The minimum Gasteiger partial charge on any atom is -0.496 e. The first kappa shape index (κ1) is 20.3. The molecule has 0 fully saturated rings. The van der Waals surface area contributed by atoms with E-state index in [1.54, 1.807) is 26.7 Å². The topological polar surface area (TPSA) is 36.9 Å². The molecule has 0 saturated heterocycles. The minimum atomic E-state index is 0.0423. The molecule has 0 aromatic heterocycles. The van der Waals surface area contributed by atoms with Crippen LogP contribution in [0.2, 0.25) is 0 Å². The molecule has 4 nitrogen and oxygen atoms in total. The lowest BCUT2D eigenvalue weighted by molar-refractivity contribution is 0.0638. The summed E-state index contributed by atoms with van der Waals surface area (Å²) in [5.74, 6) is 0. The number of benzene rings is 1. The molecule has 2 unspecified atom stereocenters. The van der Waals surface area contributed by atoms with Crippen LogP contribution in [0.5, 0.6) is 0 Å². The number of hydrogen-bond acceptors (Lipinski definition) is 4. The molecule has 1 aromatic carbocycles. The average molecular weight is 334 g/mol. The van der Waals surface area contributed by atoms with Crippen molar-refractivity contribution in [2.45, 2.75) is 39.9 Å². The molecule has 1 aromatic rings. The quantitative estimate of drug-likeness (QED) is 0.590. The van der Waals surface area contributed by atoms with Gasteiger partial charge in [-0.05, 0) is 50.0 Å². The van der Waals surface area contributed by atoms with Gasteiger partial charge in [0.2, 0.25) is 0 Å². The van der Waals surface area contributed by atoms with E-state index in [0.717, 1.165) is 22.3 Å². The Hall–Kier alpha value is -1.78. The summed E-state index contributed by atoms with van der Waals surface area (Å²) in [5.41, 5.74) is 4.42. The molecule has 0 bridgehead atoms. The van der Waals surface area contributed by atoms with Crippen molar-refractivity contribution in [1.29, 1.82) is 0 Å². The van der Waals surface area contributed by atoms with Crippen molar-refractivity contribution in [3.63, 3.8) is 0 Å². The largest absolute Gasteiger partial charge is 0.496 e. The monoisotopic (exact) mass is 334 g/mol. The van der Waals surface area contributed by atoms with Crippen molar-refractivity contribution in [3.05, 3.63) is 47.9 Å². The van der Waals surface area contributed by atoms with Crippen molar-refractivity contribution in [2.24, 2.45) is 0 Å². The van der Waals surface area contributed by atoms with E-state index in [1.165, 1.54) is 0 Å². The predicted octanol–water partition coefficient (Wildman–Crippen LogP) is 4.51. The van der Waals surface area contributed by atoms with Gasteiger partial charge in [0.15, 0.2) is 0 Å². The summed E-state index contributed by atoms with van der Waals surface area (Å²) in [5, 5.41) is 0. The molecule has 0 amide bonds. The Kier molecular flexibility index (Phi) is 9.20. The van der Waals surface area contributed by atoms with Gasteiger partial charge in [-0.3, -0.25) is 0 Å². The third-order valence-electron chi connectivity index (χ3n) is 3.55. The van der Waals surface area contributed by atoms with Crippen molar-refractivity contribution in [3.8, 4) is 0 Å². The second-order valence-corrected chi connectivity index (χ2v) is 5.98. The Morgan fingerprint density at radius 1 is 0.792 bits per heavy atom. The van der Waals surface area contributed by atoms with Crippen molar-refractivity contribution >= 4 is 11.1 Å². The van der Waals surface area contributed by atoms with Gasteiger partial charge in [-0.15, -0.1) is 0 Å². The summed E-state index contributed by atoms with van der Waals surface area (Å²) >= 11 is 0. The Morgan fingerprint density at radius 3 is 1.42 bits per heavy atom. The molecule has 0 heterocycles. The smallest absolute Gasteiger partial charge is 0.118 e. The van der Waals surface area contributed by atoms with Crippen LogP contribution in [0.4, 0.5) is 0 Å². The lowest BCUT2D eigenvalue weighted by Crippen LogP contribution is -2.11. The van der Waals surface area contributed by atoms with Crippen LogP contribution in [-0.4, -0.2) is 39.6 Å². The SMILES string of the molecule is COCC(C)O/C=C(\C)c1ccc(/C(C)=C/OC(C)COC)cc1. The van der Waals surface area contributed by atoms with E-state index in [2.05, 4.69) is 24.3 Å². The Balaban J connectivity index is 2.67. The molecule has 0 saturated carbocycles. The molecule has 0 aliphatic carbocycles. The lowest BCUT2D eigenvalue weighted by Gasteiger charge is -2.12. The van der Waals surface area contributed by atoms with Gasteiger partial charge in [-0.2, -0.15) is 0 Å². The number of methoxy groups -OCH3 is 2. The third-order valence-corrected chi connectivity index (χ3v) is 3.55. The zero-order valence-corrected chi connectivity index (χ0v) is 15.7. The zero-order chi connectivity index (χ0) is 17.9. The van der Waals surface area contributed by atoms with E-state index in [4.69, 9.17) is 18.9 Å². The molecule has 2 atom stereocenters. The fourth-order valence-electron chi connectivity index (χ4n) is 2.12. The Bertz CT molecular complexity index is 482. The molecule has 0 radical (unpaired) electrons. The maximum atomic E-state index is 5.63. The third kappa shape index (κ3) is 7.20. The first-order chi connectivity index (χ1) is 11.5. The van der Waals surface area contributed by atoms with E-state index >= 15 is 0 Å². The van der Waals surface area contributed by atoms with Crippen LogP contribution in [0.25, 0.3) is 11.1 Å². The van der Waals surface area contributed by atoms with Crippen LogP contribution in [0.15, 0.2) is 36.8 Å². The summed E-state index contributed by atoms with van der Waals surface area (Å²) in [6.07, 6.45) is 3.66. The Morgan fingerprint density at radius 2 is 1.12 bits per heavy atom. The molecular formula is C20H30O4. The fraction of sp³-hybridized carbons (Fsp3) is 0.500. The van der Waals surface area contributed by atoms with Gasteiger partial charge >= 0.3 is 0 Å². The highest BCUT2D eigenvalue weighted by Gasteiger charge is 2.03. The van der Waals surface area contributed by atoms with Gasteiger partial charge in [-0.1, -0.05) is 24.3 Å². The first-order valence-electron chi connectivity index (χ1n) is 8.21. The van der Waals surface area contributed by atoms with E-state index in [0.29, 0.717) is 13.2 Å². The second-order valence-electron chi connectivity index (χ2n) is 5.98. The molecule has 1 rings (SSSR count). The molecule has 24 heavy (non-hydrogen) atoms. The summed E-state index contributed by atoms with van der Waals surface area (Å²) < 4.78 is 21.4. The number of hydrogen-bond donors (Lipinski definition) is 0. The predicted molar refractivity (Wildman–Crippen MR) is 98.6 cm³/mol. The number of rotatable bonds is 10. The van der Waals surface area contributed by atoms with Gasteiger partial charge in [0.05, 0.1) is 25.7 Å². The molecule has 0 aliphatic heterocycles. The van der Waals surface area contributed by atoms with Crippen LogP contribution in [0.3, 0.4) is 0 Å². The van der Waals surface area contributed by atoms with E-state index < -0.39 is 0 Å². The van der Waals surface area contributed by atoms with Crippen molar-refractivity contribution in [1.82, 2.24) is 0 Å². The van der Waals surface area contributed by atoms with Crippen molar-refractivity contribution in [2.75, 3.05) is 27.4 Å². The van der Waals surface area contributed by atoms with E-state index in [9.17, 15) is 0 Å². The summed E-state index contributed by atoms with van der Waals surface area (Å²) in [7, 11) is 3.34. The molecule has 4 heteroatoms. The highest BCUT2D eigenvalue weighted by Crippen LogP contribution is 2.19. The summed E-state index contributed by atoms with van der Waals surface area (Å²) in [4.78, 5) is 0.